The normalized spacial score (nSPS) is 17.0. The van der Waals surface area contributed by atoms with Crippen LogP contribution in [0.1, 0.15) is 187 Å². The lowest BCUT2D eigenvalue weighted by molar-refractivity contribution is -0.180. The number of unbranched alkanes of at least 4 members (excludes halogenated alkanes) is 20. The van der Waals surface area contributed by atoms with Crippen LogP contribution in [0.4, 0.5) is 0 Å². The van der Waals surface area contributed by atoms with Crippen molar-refractivity contribution in [2.24, 2.45) is 0 Å². The molecule has 0 bridgehead atoms. The summed E-state index contributed by atoms with van der Waals surface area (Å²) in [4.78, 5) is 2.26. The van der Waals surface area contributed by atoms with Crippen molar-refractivity contribution in [3.05, 3.63) is 24.3 Å². The molecular weight excluding hydrogens is 514 g/mol. The summed E-state index contributed by atoms with van der Waals surface area (Å²) in [7, 11) is 4.30. The summed E-state index contributed by atoms with van der Waals surface area (Å²) in [5, 5.41) is 0. The van der Waals surface area contributed by atoms with Gasteiger partial charge in [0.05, 0.1) is 12.7 Å². The van der Waals surface area contributed by atoms with E-state index >= 15 is 0 Å². The molecule has 248 valence electrons. The quantitative estimate of drug-likeness (QED) is 0.0593. The van der Waals surface area contributed by atoms with Crippen molar-refractivity contribution in [2.75, 3.05) is 27.2 Å². The summed E-state index contributed by atoms with van der Waals surface area (Å²) in [6.07, 6.45) is 45.3. The van der Waals surface area contributed by atoms with Crippen LogP contribution in [0.3, 0.4) is 0 Å². The van der Waals surface area contributed by atoms with Crippen LogP contribution in [0.5, 0.6) is 0 Å². The summed E-state index contributed by atoms with van der Waals surface area (Å²) in [6.45, 7) is 6.43. The highest BCUT2D eigenvalue weighted by atomic mass is 16.7. The van der Waals surface area contributed by atoms with Crippen LogP contribution in [-0.2, 0) is 9.47 Å². The Morgan fingerprint density at radius 3 is 1.33 bits per heavy atom. The van der Waals surface area contributed by atoms with Crippen LogP contribution in [0.2, 0.25) is 0 Å². The van der Waals surface area contributed by atoms with Gasteiger partial charge in [0.15, 0.2) is 5.79 Å². The van der Waals surface area contributed by atoms with Gasteiger partial charge in [0.1, 0.15) is 0 Å². The largest absolute Gasteiger partial charge is 0.347 e. The van der Waals surface area contributed by atoms with Gasteiger partial charge in [-0.2, -0.15) is 0 Å². The molecule has 1 aliphatic rings. The predicted molar refractivity (Wildman–Crippen MR) is 186 cm³/mol. The molecule has 0 aliphatic carbocycles. The van der Waals surface area contributed by atoms with Crippen LogP contribution in [0.15, 0.2) is 24.3 Å². The summed E-state index contributed by atoms with van der Waals surface area (Å²) in [5.74, 6) is -0.305. The second kappa shape index (κ2) is 29.1. The molecule has 1 fully saturated rings. The molecule has 1 atom stereocenters. The highest BCUT2D eigenvalue weighted by Crippen LogP contribution is 2.35. The third kappa shape index (κ3) is 23.8. The van der Waals surface area contributed by atoms with E-state index in [9.17, 15) is 0 Å². The fraction of sp³-hybridized carbons (Fsp3) is 0.897. The lowest BCUT2D eigenvalue weighted by Crippen LogP contribution is -2.31. The third-order valence-electron chi connectivity index (χ3n) is 8.95. The maximum atomic E-state index is 6.66. The van der Waals surface area contributed by atoms with Gasteiger partial charge in [0.25, 0.3) is 0 Å². The molecular formula is C39H75NO2. The Hall–Kier alpha value is -0.640. The second-order valence-electron chi connectivity index (χ2n) is 13.5. The van der Waals surface area contributed by atoms with Gasteiger partial charge in [0.2, 0.25) is 0 Å². The van der Waals surface area contributed by atoms with Gasteiger partial charge in [-0.15, -0.1) is 0 Å². The van der Waals surface area contributed by atoms with Crippen LogP contribution in [0.25, 0.3) is 0 Å². The Balaban J connectivity index is 2.17. The fourth-order valence-electron chi connectivity index (χ4n) is 6.12. The summed E-state index contributed by atoms with van der Waals surface area (Å²) in [6, 6.07) is 0. The van der Waals surface area contributed by atoms with Crippen LogP contribution in [-0.4, -0.2) is 44.0 Å². The van der Waals surface area contributed by atoms with E-state index in [1.807, 2.05) is 0 Å². The monoisotopic (exact) mass is 590 g/mol. The van der Waals surface area contributed by atoms with Crippen molar-refractivity contribution in [1.29, 1.82) is 0 Å². The summed E-state index contributed by atoms with van der Waals surface area (Å²) >= 11 is 0. The van der Waals surface area contributed by atoms with E-state index in [1.165, 1.54) is 154 Å². The number of hydrogen-bond acceptors (Lipinski definition) is 3. The van der Waals surface area contributed by atoms with Gasteiger partial charge in [-0.05, 0) is 84.7 Å². The highest BCUT2D eigenvalue weighted by Gasteiger charge is 2.40. The predicted octanol–water partition coefficient (Wildman–Crippen LogP) is 12.3. The van der Waals surface area contributed by atoms with Crippen molar-refractivity contribution < 1.29 is 9.47 Å². The molecule has 0 N–H and O–H groups in total. The van der Waals surface area contributed by atoms with E-state index in [-0.39, 0.29) is 11.9 Å². The number of nitrogens with zero attached hydrogens (tertiary/aromatic N) is 1. The van der Waals surface area contributed by atoms with E-state index < -0.39 is 0 Å². The molecule has 0 aromatic rings. The first-order valence-electron chi connectivity index (χ1n) is 18.9. The number of rotatable bonds is 31. The average Bonchev–Trinajstić information content (AvgIpc) is 3.39. The van der Waals surface area contributed by atoms with E-state index in [2.05, 4.69) is 57.1 Å². The Morgan fingerprint density at radius 1 is 0.548 bits per heavy atom. The van der Waals surface area contributed by atoms with Crippen molar-refractivity contribution >= 4 is 0 Å². The molecule has 1 rings (SSSR count). The highest BCUT2D eigenvalue weighted by molar-refractivity contribution is 4.83. The molecule has 1 unspecified atom stereocenters. The molecule has 0 aromatic carbocycles. The zero-order valence-corrected chi connectivity index (χ0v) is 29.2. The number of allylic oxidation sites excluding steroid dienone is 4. The fourth-order valence-corrected chi connectivity index (χ4v) is 6.12. The van der Waals surface area contributed by atoms with Crippen LogP contribution >= 0.6 is 0 Å². The first kappa shape index (κ1) is 39.4. The van der Waals surface area contributed by atoms with Gasteiger partial charge in [-0.3, -0.25) is 0 Å². The smallest absolute Gasteiger partial charge is 0.168 e. The lowest BCUT2D eigenvalue weighted by atomic mass is 9.98. The molecule has 0 spiro atoms. The minimum absolute atomic E-state index is 0.270. The SMILES string of the molecule is CCCCCC/C=C\CCCCCCCCC1(CCCCCCCC/C=C\CCCCCC)OCC(CCN(C)C)O1. The van der Waals surface area contributed by atoms with Gasteiger partial charge < -0.3 is 14.4 Å². The van der Waals surface area contributed by atoms with E-state index in [0.29, 0.717) is 0 Å². The molecule has 1 heterocycles. The minimum atomic E-state index is -0.305. The average molecular weight is 590 g/mol. The Labute approximate surface area is 264 Å². The lowest BCUT2D eigenvalue weighted by Gasteiger charge is -2.29. The second-order valence-corrected chi connectivity index (χ2v) is 13.5. The standard InChI is InChI=1S/C39H75NO2/c1-5-7-9-11-13-15-17-19-21-23-25-27-29-31-34-39(41-37-38(42-39)33-36-40(3)4)35-32-30-28-26-24-22-20-18-16-14-12-10-8-6-2/h15-18,38H,5-14,19-37H2,1-4H3/b17-15-,18-16-. The maximum Gasteiger partial charge on any atom is 0.168 e. The molecule has 0 radical (unpaired) electrons. The molecule has 3 nitrogen and oxygen atoms in total. The van der Waals surface area contributed by atoms with Gasteiger partial charge in [-0.1, -0.05) is 128 Å². The first-order chi connectivity index (χ1) is 20.6. The minimum Gasteiger partial charge on any atom is -0.347 e. The van der Waals surface area contributed by atoms with Crippen LogP contribution in [0, 0.1) is 0 Å². The van der Waals surface area contributed by atoms with E-state index in [4.69, 9.17) is 9.47 Å². The topological polar surface area (TPSA) is 21.7 Å². The van der Waals surface area contributed by atoms with E-state index in [0.717, 1.165) is 32.4 Å². The third-order valence-corrected chi connectivity index (χ3v) is 8.95. The summed E-state index contributed by atoms with van der Waals surface area (Å²) in [5.41, 5.74) is 0. The van der Waals surface area contributed by atoms with Crippen molar-refractivity contribution in [3.8, 4) is 0 Å². The molecule has 1 aliphatic heterocycles. The molecule has 1 saturated heterocycles. The molecule has 42 heavy (non-hydrogen) atoms. The molecule has 0 saturated carbocycles. The van der Waals surface area contributed by atoms with Gasteiger partial charge in [-0.25, -0.2) is 0 Å². The maximum absolute atomic E-state index is 6.66. The van der Waals surface area contributed by atoms with Gasteiger partial charge in [0, 0.05) is 19.4 Å². The molecule has 0 amide bonds. The summed E-state index contributed by atoms with van der Waals surface area (Å²) < 4.78 is 13.1. The van der Waals surface area contributed by atoms with Gasteiger partial charge >= 0.3 is 0 Å². The molecule has 3 heteroatoms. The number of hydrogen-bond donors (Lipinski definition) is 0. The Morgan fingerprint density at radius 2 is 0.929 bits per heavy atom. The van der Waals surface area contributed by atoms with Crippen molar-refractivity contribution in [2.45, 2.75) is 199 Å². The Bertz CT molecular complexity index is 576. The zero-order valence-electron chi connectivity index (χ0n) is 29.2. The molecule has 0 aromatic heterocycles. The first-order valence-corrected chi connectivity index (χ1v) is 18.9. The van der Waals surface area contributed by atoms with Crippen molar-refractivity contribution in [3.63, 3.8) is 0 Å². The van der Waals surface area contributed by atoms with Crippen LogP contribution < -0.4 is 0 Å². The Kier molecular flexibility index (Phi) is 27.3. The van der Waals surface area contributed by atoms with E-state index in [1.54, 1.807) is 0 Å². The number of ether oxygens (including phenoxy) is 2. The zero-order chi connectivity index (χ0) is 30.4. The van der Waals surface area contributed by atoms with Crippen molar-refractivity contribution in [1.82, 2.24) is 4.90 Å².